The Labute approximate surface area is 189 Å². The van der Waals surface area contributed by atoms with E-state index in [-0.39, 0.29) is 5.69 Å². The average molecular weight is 458 g/mol. The topological polar surface area (TPSA) is 78.5 Å². The van der Waals surface area contributed by atoms with Crippen LogP contribution in [-0.4, -0.2) is 51.2 Å². The van der Waals surface area contributed by atoms with Crippen molar-refractivity contribution < 1.29 is 17.9 Å². The van der Waals surface area contributed by atoms with Crippen molar-refractivity contribution in [3.8, 4) is 0 Å². The van der Waals surface area contributed by atoms with Crippen LogP contribution in [0.4, 0.5) is 30.2 Å². The van der Waals surface area contributed by atoms with Crippen molar-refractivity contribution in [2.45, 2.75) is 19.1 Å². The second kappa shape index (κ2) is 8.26. The zero-order chi connectivity index (χ0) is 23.2. The summed E-state index contributed by atoms with van der Waals surface area (Å²) in [5.41, 5.74) is 8.45. The van der Waals surface area contributed by atoms with E-state index >= 15 is 0 Å². The van der Waals surface area contributed by atoms with Gasteiger partial charge in [-0.15, -0.1) is 0 Å². The number of hydrogen-bond donors (Lipinski definition) is 2. The summed E-state index contributed by atoms with van der Waals surface area (Å²) in [4.78, 5) is 13.5. The van der Waals surface area contributed by atoms with Crippen LogP contribution in [0.15, 0.2) is 46.4 Å². The molecule has 0 bridgehead atoms. The average Bonchev–Trinajstić information content (AvgIpc) is 3.27. The monoisotopic (exact) mass is 458 g/mol. The minimum atomic E-state index is -4.47. The highest BCUT2D eigenvalue weighted by Gasteiger charge is 2.32. The highest BCUT2D eigenvalue weighted by atomic mass is 19.4. The minimum Gasteiger partial charge on any atom is -0.399 e. The molecule has 1 saturated heterocycles. The molecule has 10 heteroatoms. The Hall–Kier alpha value is -3.27. The van der Waals surface area contributed by atoms with Gasteiger partial charge in [-0.05, 0) is 48.9 Å². The van der Waals surface area contributed by atoms with E-state index in [1.165, 1.54) is 0 Å². The van der Waals surface area contributed by atoms with Gasteiger partial charge in [-0.2, -0.15) is 18.2 Å². The van der Waals surface area contributed by atoms with E-state index in [4.69, 9.17) is 15.5 Å². The molecule has 33 heavy (non-hydrogen) atoms. The number of anilines is 3. The molecule has 0 saturated carbocycles. The van der Waals surface area contributed by atoms with Gasteiger partial charge >= 0.3 is 6.18 Å². The zero-order valence-corrected chi connectivity index (χ0v) is 18.2. The first-order chi connectivity index (χ1) is 15.8. The Kier molecular flexibility index (Phi) is 5.40. The van der Waals surface area contributed by atoms with Gasteiger partial charge < -0.3 is 25.6 Å². The summed E-state index contributed by atoms with van der Waals surface area (Å²) < 4.78 is 45.4. The van der Waals surface area contributed by atoms with E-state index in [1.54, 1.807) is 13.0 Å². The van der Waals surface area contributed by atoms with Gasteiger partial charge in [0.1, 0.15) is 5.84 Å². The first-order valence-electron chi connectivity index (χ1n) is 10.9. The van der Waals surface area contributed by atoms with Gasteiger partial charge in [0, 0.05) is 36.6 Å². The summed E-state index contributed by atoms with van der Waals surface area (Å²) >= 11 is 0. The van der Waals surface area contributed by atoms with Crippen molar-refractivity contribution in [1.82, 2.24) is 5.32 Å². The molecule has 0 aliphatic carbocycles. The first kappa shape index (κ1) is 21.6. The molecule has 0 aromatic heterocycles. The standard InChI is InChI=1S/C23H25F3N6O/c1-14(15-10-16(23(24,25)26)12-17(27)11-15)29-21-19-13-18(31-6-8-33-9-7-31)2-3-20(19)32-5-4-28-22(32)30-21/h2-3,10-14H,4-9,27H2,1H3,(H,28,29,30). The predicted molar refractivity (Wildman–Crippen MR) is 123 cm³/mol. The quantitative estimate of drug-likeness (QED) is 0.690. The summed E-state index contributed by atoms with van der Waals surface area (Å²) in [7, 11) is 0. The van der Waals surface area contributed by atoms with Crippen molar-refractivity contribution in [2.75, 3.05) is 54.9 Å². The van der Waals surface area contributed by atoms with Gasteiger partial charge in [-0.25, -0.2) is 4.99 Å². The lowest BCUT2D eigenvalue weighted by Crippen LogP contribution is -2.39. The van der Waals surface area contributed by atoms with Crippen LogP contribution in [0.2, 0.25) is 0 Å². The molecule has 0 radical (unpaired) electrons. The molecule has 0 amide bonds. The van der Waals surface area contributed by atoms with Crippen molar-refractivity contribution in [1.29, 1.82) is 0 Å². The number of benzene rings is 2. The molecule has 3 N–H and O–H groups in total. The number of amidine groups is 1. The highest BCUT2D eigenvalue weighted by Crippen LogP contribution is 2.34. The third kappa shape index (κ3) is 4.22. The van der Waals surface area contributed by atoms with Gasteiger partial charge in [0.2, 0.25) is 5.96 Å². The fourth-order valence-electron chi connectivity index (χ4n) is 4.38. The summed E-state index contributed by atoms with van der Waals surface area (Å²) in [5.74, 6) is 1.19. The van der Waals surface area contributed by atoms with Gasteiger partial charge in [-0.1, -0.05) is 0 Å². The van der Waals surface area contributed by atoms with Crippen molar-refractivity contribution >= 4 is 28.9 Å². The van der Waals surface area contributed by atoms with Crippen LogP contribution in [0.1, 0.15) is 29.7 Å². The molecule has 2 aromatic carbocycles. The number of fused-ring (bicyclic) bond motifs is 3. The maximum absolute atomic E-state index is 13.3. The minimum absolute atomic E-state index is 0.0698. The van der Waals surface area contributed by atoms with E-state index in [0.29, 0.717) is 37.1 Å². The molecule has 1 atom stereocenters. The molecule has 3 heterocycles. The molecule has 7 nitrogen and oxygen atoms in total. The highest BCUT2D eigenvalue weighted by molar-refractivity contribution is 6.19. The molecular weight excluding hydrogens is 433 g/mol. The zero-order valence-electron chi connectivity index (χ0n) is 18.2. The van der Waals surface area contributed by atoms with Crippen molar-refractivity contribution in [2.24, 2.45) is 9.98 Å². The second-order valence-electron chi connectivity index (χ2n) is 8.35. The molecule has 1 fully saturated rings. The number of ether oxygens (including phenoxy) is 1. The molecule has 0 spiro atoms. The maximum Gasteiger partial charge on any atom is 0.416 e. The normalized spacial score (nSPS) is 18.9. The number of guanidine groups is 1. The fraction of sp³-hybridized carbons (Fsp3) is 0.391. The Morgan fingerprint density at radius 1 is 1.09 bits per heavy atom. The summed E-state index contributed by atoms with van der Waals surface area (Å²) in [6.07, 6.45) is -4.47. The van der Waals surface area contributed by atoms with Crippen LogP contribution >= 0.6 is 0 Å². The number of nitrogen functional groups attached to an aromatic ring is 1. The summed E-state index contributed by atoms with van der Waals surface area (Å²) in [6, 6.07) is 9.40. The molecule has 1 unspecified atom stereocenters. The SMILES string of the molecule is CC(NC1=NC2=NCCN2c2ccc(N3CCOCC3)cc21)c1cc(N)cc(C(F)(F)F)c1. The van der Waals surface area contributed by atoms with Crippen LogP contribution < -0.4 is 20.9 Å². The smallest absolute Gasteiger partial charge is 0.399 e. The van der Waals surface area contributed by atoms with E-state index in [1.807, 2.05) is 0 Å². The molecule has 5 rings (SSSR count). The lowest BCUT2D eigenvalue weighted by molar-refractivity contribution is -0.137. The van der Waals surface area contributed by atoms with E-state index in [0.717, 1.165) is 48.7 Å². The predicted octanol–water partition coefficient (Wildman–Crippen LogP) is 3.41. The van der Waals surface area contributed by atoms with Gasteiger partial charge in [0.25, 0.3) is 0 Å². The van der Waals surface area contributed by atoms with Gasteiger partial charge in [0.15, 0.2) is 0 Å². The van der Waals surface area contributed by atoms with Crippen molar-refractivity contribution in [3.05, 3.63) is 53.1 Å². The number of morpholine rings is 1. The maximum atomic E-state index is 13.3. The third-order valence-corrected chi connectivity index (χ3v) is 6.09. The number of alkyl halides is 3. The second-order valence-corrected chi connectivity index (χ2v) is 8.35. The van der Waals surface area contributed by atoms with Crippen molar-refractivity contribution in [3.63, 3.8) is 0 Å². The number of nitrogens with zero attached hydrogens (tertiary/aromatic N) is 4. The Bertz CT molecular complexity index is 1120. The number of rotatable bonds is 3. The van der Waals surface area contributed by atoms with Crippen LogP contribution in [0.25, 0.3) is 0 Å². The molecule has 2 aromatic rings. The first-order valence-corrected chi connectivity index (χ1v) is 10.9. The van der Waals surface area contributed by atoms with E-state index < -0.39 is 17.8 Å². The number of nitrogens with one attached hydrogen (secondary N) is 1. The largest absolute Gasteiger partial charge is 0.416 e. The van der Waals surface area contributed by atoms with Gasteiger partial charge in [0.05, 0.1) is 37.1 Å². The lowest BCUT2D eigenvalue weighted by Gasteiger charge is -2.32. The summed E-state index contributed by atoms with van der Waals surface area (Å²) in [5, 5.41) is 3.32. The Morgan fingerprint density at radius 3 is 2.64 bits per heavy atom. The molecule has 174 valence electrons. The number of hydrogen-bond acceptors (Lipinski definition) is 7. The summed E-state index contributed by atoms with van der Waals surface area (Å²) in [6.45, 7) is 6.14. The van der Waals surface area contributed by atoms with E-state index in [9.17, 15) is 13.2 Å². The number of halogens is 3. The molecular formula is C23H25F3N6O. The Morgan fingerprint density at radius 2 is 1.88 bits per heavy atom. The Balaban J connectivity index is 1.49. The van der Waals surface area contributed by atoms with Crippen LogP contribution in [-0.2, 0) is 10.9 Å². The third-order valence-electron chi connectivity index (χ3n) is 6.09. The molecule has 3 aliphatic heterocycles. The van der Waals surface area contributed by atoms with E-state index in [2.05, 4.69) is 38.3 Å². The van der Waals surface area contributed by atoms with Crippen LogP contribution in [0, 0.1) is 0 Å². The number of aliphatic imine (C=N–C) groups is 2. The fourth-order valence-corrected chi connectivity index (χ4v) is 4.38. The lowest BCUT2D eigenvalue weighted by atomic mass is 10.0. The molecule has 3 aliphatic rings. The number of nitrogens with two attached hydrogens (primary N) is 1. The van der Waals surface area contributed by atoms with Crippen LogP contribution in [0.3, 0.4) is 0 Å². The van der Waals surface area contributed by atoms with Crippen LogP contribution in [0.5, 0.6) is 0 Å². The van der Waals surface area contributed by atoms with Gasteiger partial charge in [-0.3, -0.25) is 0 Å².